The first-order chi connectivity index (χ1) is 7.09. The molecular weight excluding hydrogens is 195 g/mol. The van der Waals surface area contributed by atoms with E-state index in [4.69, 9.17) is 5.73 Å². The maximum absolute atomic E-state index is 13.5. The number of amides is 1. The molecule has 2 aromatic rings. The molecule has 0 fully saturated rings. The largest absolute Gasteiger partial charge is 0.366 e. The number of carbonyl (C=O) groups is 1. The highest BCUT2D eigenvalue weighted by molar-refractivity contribution is 5.97. The summed E-state index contributed by atoms with van der Waals surface area (Å²) in [6, 6.07) is 4.42. The van der Waals surface area contributed by atoms with Crippen molar-refractivity contribution in [3.63, 3.8) is 0 Å². The average molecular weight is 204 g/mol. The van der Waals surface area contributed by atoms with E-state index in [-0.39, 0.29) is 11.1 Å². The van der Waals surface area contributed by atoms with Gasteiger partial charge in [-0.25, -0.2) is 4.39 Å². The average Bonchev–Trinajstić information content (AvgIpc) is 2.19. The maximum atomic E-state index is 13.5. The number of pyridine rings is 1. The molecule has 0 aliphatic carbocycles. The summed E-state index contributed by atoms with van der Waals surface area (Å²) in [6.07, 6.45) is 1.53. The van der Waals surface area contributed by atoms with Crippen LogP contribution in [0.1, 0.15) is 15.9 Å². The molecule has 2 rings (SSSR count). The zero-order valence-corrected chi connectivity index (χ0v) is 8.12. The van der Waals surface area contributed by atoms with Crippen molar-refractivity contribution in [1.82, 2.24) is 4.98 Å². The van der Waals surface area contributed by atoms with Crippen molar-refractivity contribution in [2.75, 3.05) is 0 Å². The Bertz CT molecular complexity index is 552. The minimum Gasteiger partial charge on any atom is -0.366 e. The topological polar surface area (TPSA) is 56.0 Å². The molecule has 0 unspecified atom stereocenters. The third-order valence-electron chi connectivity index (χ3n) is 2.30. The standard InChI is InChI=1S/C11H9FN2O/c1-6-2-3-14-10-8(6)4-7(11(13)15)5-9(10)12/h2-5H,1H3,(H2,13,15). The first kappa shape index (κ1) is 9.58. The number of hydrogen-bond acceptors (Lipinski definition) is 2. The lowest BCUT2D eigenvalue weighted by atomic mass is 10.1. The van der Waals surface area contributed by atoms with Crippen LogP contribution in [0.4, 0.5) is 4.39 Å². The van der Waals surface area contributed by atoms with Crippen molar-refractivity contribution in [3.05, 3.63) is 41.3 Å². The summed E-state index contributed by atoms with van der Waals surface area (Å²) in [5.41, 5.74) is 6.39. The van der Waals surface area contributed by atoms with Crippen LogP contribution in [0.2, 0.25) is 0 Å². The molecule has 0 bridgehead atoms. The van der Waals surface area contributed by atoms with Crippen molar-refractivity contribution in [2.45, 2.75) is 6.92 Å². The van der Waals surface area contributed by atoms with Gasteiger partial charge in [-0.2, -0.15) is 0 Å². The molecule has 0 saturated carbocycles. The molecule has 0 atom stereocenters. The molecule has 0 aliphatic heterocycles. The molecule has 1 heterocycles. The van der Waals surface area contributed by atoms with E-state index < -0.39 is 11.7 Å². The number of fused-ring (bicyclic) bond motifs is 1. The van der Waals surface area contributed by atoms with Crippen LogP contribution < -0.4 is 5.73 Å². The SMILES string of the molecule is Cc1ccnc2c(F)cc(C(N)=O)cc12. The summed E-state index contributed by atoms with van der Waals surface area (Å²) < 4.78 is 13.5. The van der Waals surface area contributed by atoms with E-state index >= 15 is 0 Å². The van der Waals surface area contributed by atoms with Crippen molar-refractivity contribution in [3.8, 4) is 0 Å². The second kappa shape index (κ2) is 3.31. The first-order valence-electron chi connectivity index (χ1n) is 4.44. The minimum absolute atomic E-state index is 0.163. The number of nitrogens with zero attached hydrogens (tertiary/aromatic N) is 1. The number of primary amides is 1. The Morgan fingerprint density at radius 2 is 2.20 bits per heavy atom. The second-order valence-electron chi connectivity index (χ2n) is 3.35. The molecule has 1 aromatic heterocycles. The van der Waals surface area contributed by atoms with Gasteiger partial charge in [-0.15, -0.1) is 0 Å². The van der Waals surface area contributed by atoms with Crippen LogP contribution in [0.3, 0.4) is 0 Å². The fourth-order valence-corrected chi connectivity index (χ4v) is 1.49. The van der Waals surface area contributed by atoms with Crippen LogP contribution >= 0.6 is 0 Å². The number of rotatable bonds is 1. The van der Waals surface area contributed by atoms with E-state index in [1.807, 2.05) is 6.92 Å². The predicted octanol–water partition coefficient (Wildman–Crippen LogP) is 1.78. The molecule has 2 N–H and O–H groups in total. The fourth-order valence-electron chi connectivity index (χ4n) is 1.49. The third-order valence-corrected chi connectivity index (χ3v) is 2.30. The zero-order valence-electron chi connectivity index (χ0n) is 8.12. The van der Waals surface area contributed by atoms with E-state index in [0.717, 1.165) is 11.6 Å². The van der Waals surface area contributed by atoms with Crippen LogP contribution in [0.25, 0.3) is 10.9 Å². The molecule has 4 heteroatoms. The van der Waals surface area contributed by atoms with Gasteiger partial charge in [0.25, 0.3) is 0 Å². The monoisotopic (exact) mass is 204 g/mol. The highest BCUT2D eigenvalue weighted by Crippen LogP contribution is 2.20. The highest BCUT2D eigenvalue weighted by Gasteiger charge is 2.09. The number of aromatic nitrogens is 1. The summed E-state index contributed by atoms with van der Waals surface area (Å²) in [4.78, 5) is 14.9. The van der Waals surface area contributed by atoms with Crippen LogP contribution in [0, 0.1) is 12.7 Å². The van der Waals surface area contributed by atoms with Crippen LogP contribution in [0.15, 0.2) is 24.4 Å². The summed E-state index contributed by atoms with van der Waals surface area (Å²) in [7, 11) is 0. The van der Waals surface area contributed by atoms with Crippen molar-refractivity contribution in [2.24, 2.45) is 5.73 Å². The van der Waals surface area contributed by atoms with Gasteiger partial charge in [0, 0.05) is 17.1 Å². The van der Waals surface area contributed by atoms with Gasteiger partial charge in [0.15, 0.2) is 0 Å². The normalized spacial score (nSPS) is 10.5. The second-order valence-corrected chi connectivity index (χ2v) is 3.35. The van der Waals surface area contributed by atoms with Crippen LogP contribution in [0.5, 0.6) is 0 Å². The lowest BCUT2D eigenvalue weighted by Gasteiger charge is -2.04. The van der Waals surface area contributed by atoms with Crippen molar-refractivity contribution < 1.29 is 9.18 Å². The Balaban J connectivity index is 2.85. The van der Waals surface area contributed by atoms with E-state index in [1.165, 1.54) is 6.20 Å². The summed E-state index contributed by atoms with van der Waals surface area (Å²) in [6.45, 7) is 1.83. The Morgan fingerprint density at radius 1 is 1.47 bits per heavy atom. The van der Waals surface area contributed by atoms with Crippen LogP contribution in [-0.4, -0.2) is 10.9 Å². The number of benzene rings is 1. The number of carbonyl (C=O) groups excluding carboxylic acids is 1. The molecule has 1 aromatic carbocycles. The van der Waals surface area contributed by atoms with E-state index in [9.17, 15) is 9.18 Å². The quantitative estimate of drug-likeness (QED) is 0.769. The summed E-state index contributed by atoms with van der Waals surface area (Å²) >= 11 is 0. The fraction of sp³-hybridized carbons (Fsp3) is 0.0909. The molecule has 76 valence electrons. The summed E-state index contributed by atoms with van der Waals surface area (Å²) in [5, 5.41) is 0.617. The Morgan fingerprint density at radius 3 is 2.87 bits per heavy atom. The van der Waals surface area contributed by atoms with Gasteiger partial charge in [-0.3, -0.25) is 9.78 Å². The van der Waals surface area contributed by atoms with Crippen LogP contribution in [-0.2, 0) is 0 Å². The molecule has 0 radical (unpaired) electrons. The number of aryl methyl sites for hydroxylation is 1. The lowest BCUT2D eigenvalue weighted by Crippen LogP contribution is -2.11. The Kier molecular flexibility index (Phi) is 2.11. The molecular formula is C11H9FN2O. The smallest absolute Gasteiger partial charge is 0.248 e. The Labute approximate surface area is 85.7 Å². The van der Waals surface area contributed by atoms with Gasteiger partial charge in [0.05, 0.1) is 0 Å². The van der Waals surface area contributed by atoms with Crippen molar-refractivity contribution >= 4 is 16.8 Å². The van der Waals surface area contributed by atoms with Gasteiger partial charge in [0.2, 0.25) is 5.91 Å². The van der Waals surface area contributed by atoms with Gasteiger partial charge in [-0.05, 0) is 30.7 Å². The predicted molar refractivity (Wildman–Crippen MR) is 55.0 cm³/mol. The van der Waals surface area contributed by atoms with Gasteiger partial charge in [-0.1, -0.05) is 0 Å². The third kappa shape index (κ3) is 1.54. The molecule has 15 heavy (non-hydrogen) atoms. The van der Waals surface area contributed by atoms with Gasteiger partial charge in [0.1, 0.15) is 11.3 Å². The number of halogens is 1. The van der Waals surface area contributed by atoms with Gasteiger partial charge < -0.3 is 5.73 Å². The van der Waals surface area contributed by atoms with E-state index in [2.05, 4.69) is 4.98 Å². The molecule has 0 saturated heterocycles. The summed E-state index contributed by atoms with van der Waals surface area (Å²) in [5.74, 6) is -1.16. The Hall–Kier alpha value is -1.97. The lowest BCUT2D eigenvalue weighted by molar-refractivity contribution is 0.1000. The van der Waals surface area contributed by atoms with Gasteiger partial charge >= 0.3 is 0 Å². The molecule has 0 spiro atoms. The minimum atomic E-state index is -0.640. The zero-order chi connectivity index (χ0) is 11.0. The number of nitrogens with two attached hydrogens (primary N) is 1. The molecule has 3 nitrogen and oxygen atoms in total. The molecule has 1 amide bonds. The highest BCUT2D eigenvalue weighted by atomic mass is 19.1. The first-order valence-corrected chi connectivity index (χ1v) is 4.44. The number of hydrogen-bond donors (Lipinski definition) is 1. The molecule has 0 aliphatic rings. The van der Waals surface area contributed by atoms with E-state index in [1.54, 1.807) is 12.1 Å². The maximum Gasteiger partial charge on any atom is 0.248 e. The van der Waals surface area contributed by atoms with E-state index in [0.29, 0.717) is 5.39 Å². The van der Waals surface area contributed by atoms with Crippen molar-refractivity contribution in [1.29, 1.82) is 0 Å².